The van der Waals surface area contributed by atoms with Gasteiger partial charge < -0.3 is 4.74 Å². The van der Waals surface area contributed by atoms with Crippen molar-refractivity contribution in [1.29, 1.82) is 0 Å². The van der Waals surface area contributed by atoms with Gasteiger partial charge in [-0.05, 0) is 32.4 Å². The van der Waals surface area contributed by atoms with Gasteiger partial charge in [0.25, 0.3) is 0 Å². The summed E-state index contributed by atoms with van der Waals surface area (Å²) < 4.78 is 5.52. The highest BCUT2D eigenvalue weighted by Gasteiger charge is 1.94. The molecule has 0 aromatic heterocycles. The Hall–Kier alpha value is -1.24. The highest BCUT2D eigenvalue weighted by Crippen LogP contribution is 2.08. The number of allylic oxidation sites excluding steroid dienone is 1. The molecule has 0 unspecified atom stereocenters. The molecule has 13 heavy (non-hydrogen) atoms. The smallest absolute Gasteiger partial charge is 0.0938 e. The topological polar surface area (TPSA) is 9.23 Å². The number of benzene rings is 1. The van der Waals surface area contributed by atoms with Crippen molar-refractivity contribution in [1.82, 2.24) is 0 Å². The van der Waals surface area contributed by atoms with E-state index in [-0.39, 0.29) is 6.10 Å². The lowest BCUT2D eigenvalue weighted by molar-refractivity contribution is 0.152. The Labute approximate surface area is 80.0 Å². The van der Waals surface area contributed by atoms with E-state index in [1.165, 1.54) is 5.56 Å². The molecule has 1 heteroatoms. The molecule has 0 amide bonds. The Bertz CT molecular complexity index is 272. The Morgan fingerprint density at radius 1 is 1.23 bits per heavy atom. The number of ether oxygens (including phenoxy) is 1. The zero-order valence-electron chi connectivity index (χ0n) is 8.45. The first-order valence-corrected chi connectivity index (χ1v) is 4.58. The second-order valence-electron chi connectivity index (χ2n) is 3.33. The molecule has 0 aliphatic rings. The van der Waals surface area contributed by atoms with Crippen LogP contribution < -0.4 is 0 Å². The molecule has 0 saturated carbocycles. The second kappa shape index (κ2) is 4.70. The van der Waals surface area contributed by atoms with E-state index in [0.717, 1.165) is 5.76 Å². The van der Waals surface area contributed by atoms with Crippen molar-refractivity contribution in [2.45, 2.75) is 26.9 Å². The summed E-state index contributed by atoms with van der Waals surface area (Å²) in [6.07, 6.45) is 2.29. The van der Waals surface area contributed by atoms with E-state index in [1.807, 2.05) is 45.0 Å². The standard InChI is InChI=1S/C12H16O/c1-10(2)13-11(3)9-12-7-5-4-6-8-12/h4-10H,1-3H3. The molecular formula is C12H16O. The van der Waals surface area contributed by atoms with E-state index in [2.05, 4.69) is 12.1 Å². The van der Waals surface area contributed by atoms with Crippen LogP contribution in [0, 0.1) is 0 Å². The van der Waals surface area contributed by atoms with Crippen molar-refractivity contribution in [3.63, 3.8) is 0 Å². The maximum Gasteiger partial charge on any atom is 0.0938 e. The lowest BCUT2D eigenvalue weighted by atomic mass is 10.2. The molecule has 0 spiro atoms. The summed E-state index contributed by atoms with van der Waals surface area (Å²) in [5.41, 5.74) is 1.18. The van der Waals surface area contributed by atoms with Crippen LogP contribution in [0.3, 0.4) is 0 Å². The van der Waals surface area contributed by atoms with E-state index in [4.69, 9.17) is 4.74 Å². The van der Waals surface area contributed by atoms with Gasteiger partial charge in [-0.3, -0.25) is 0 Å². The Morgan fingerprint density at radius 2 is 1.85 bits per heavy atom. The minimum Gasteiger partial charge on any atom is -0.496 e. The van der Waals surface area contributed by atoms with Crippen molar-refractivity contribution in [3.8, 4) is 0 Å². The molecule has 0 bridgehead atoms. The first-order valence-electron chi connectivity index (χ1n) is 4.58. The SMILES string of the molecule is CC(=Cc1ccccc1)OC(C)C. The summed E-state index contributed by atoms with van der Waals surface area (Å²) in [4.78, 5) is 0. The normalized spacial score (nSPS) is 11.8. The first kappa shape index (κ1) is 9.85. The molecule has 0 atom stereocenters. The largest absolute Gasteiger partial charge is 0.496 e. The third-order valence-corrected chi connectivity index (χ3v) is 1.59. The van der Waals surface area contributed by atoms with Gasteiger partial charge in [-0.1, -0.05) is 30.3 Å². The fourth-order valence-electron chi connectivity index (χ4n) is 1.19. The maximum absolute atomic E-state index is 5.52. The van der Waals surface area contributed by atoms with Gasteiger partial charge in [0.05, 0.1) is 11.9 Å². The number of hydrogen-bond donors (Lipinski definition) is 0. The van der Waals surface area contributed by atoms with E-state index in [1.54, 1.807) is 0 Å². The molecule has 70 valence electrons. The van der Waals surface area contributed by atoms with Crippen molar-refractivity contribution in [3.05, 3.63) is 41.7 Å². The molecule has 0 heterocycles. The van der Waals surface area contributed by atoms with E-state index < -0.39 is 0 Å². The molecule has 1 nitrogen and oxygen atoms in total. The van der Waals surface area contributed by atoms with Crippen molar-refractivity contribution in [2.24, 2.45) is 0 Å². The zero-order chi connectivity index (χ0) is 9.68. The van der Waals surface area contributed by atoms with Crippen LogP contribution >= 0.6 is 0 Å². The van der Waals surface area contributed by atoms with Gasteiger partial charge in [-0.15, -0.1) is 0 Å². The lowest BCUT2D eigenvalue weighted by Crippen LogP contribution is -1.99. The quantitative estimate of drug-likeness (QED) is 0.641. The van der Waals surface area contributed by atoms with Crippen molar-refractivity contribution < 1.29 is 4.74 Å². The second-order valence-corrected chi connectivity index (χ2v) is 3.33. The van der Waals surface area contributed by atoms with Gasteiger partial charge in [0.15, 0.2) is 0 Å². The van der Waals surface area contributed by atoms with Crippen LogP contribution in [0.25, 0.3) is 6.08 Å². The fourth-order valence-corrected chi connectivity index (χ4v) is 1.19. The van der Waals surface area contributed by atoms with Gasteiger partial charge in [0, 0.05) is 0 Å². The maximum atomic E-state index is 5.52. The van der Waals surface area contributed by atoms with E-state index >= 15 is 0 Å². The Kier molecular flexibility index (Phi) is 3.56. The van der Waals surface area contributed by atoms with E-state index in [9.17, 15) is 0 Å². The molecule has 0 aliphatic heterocycles. The first-order chi connectivity index (χ1) is 6.18. The van der Waals surface area contributed by atoms with Crippen molar-refractivity contribution in [2.75, 3.05) is 0 Å². The molecule has 0 radical (unpaired) electrons. The minimum atomic E-state index is 0.250. The van der Waals surface area contributed by atoms with Gasteiger partial charge >= 0.3 is 0 Å². The third-order valence-electron chi connectivity index (χ3n) is 1.59. The highest BCUT2D eigenvalue weighted by molar-refractivity contribution is 5.50. The molecule has 0 N–H and O–H groups in total. The minimum absolute atomic E-state index is 0.250. The average molecular weight is 176 g/mol. The van der Waals surface area contributed by atoms with Crippen LogP contribution in [0.15, 0.2) is 36.1 Å². The van der Waals surface area contributed by atoms with Gasteiger partial charge in [-0.2, -0.15) is 0 Å². The Morgan fingerprint density at radius 3 is 2.38 bits per heavy atom. The number of hydrogen-bond acceptors (Lipinski definition) is 1. The number of rotatable bonds is 3. The highest BCUT2D eigenvalue weighted by atomic mass is 16.5. The van der Waals surface area contributed by atoms with Gasteiger partial charge in [0.2, 0.25) is 0 Å². The average Bonchev–Trinajstić information content (AvgIpc) is 2.04. The summed E-state index contributed by atoms with van der Waals surface area (Å²) in [5, 5.41) is 0. The molecule has 0 saturated heterocycles. The molecule has 1 rings (SSSR count). The van der Waals surface area contributed by atoms with Crippen LogP contribution in [0.2, 0.25) is 0 Å². The monoisotopic (exact) mass is 176 g/mol. The summed E-state index contributed by atoms with van der Waals surface area (Å²) in [6, 6.07) is 10.2. The summed E-state index contributed by atoms with van der Waals surface area (Å²) >= 11 is 0. The molecule has 1 aromatic carbocycles. The molecular weight excluding hydrogens is 160 g/mol. The van der Waals surface area contributed by atoms with Crippen molar-refractivity contribution >= 4 is 6.08 Å². The third kappa shape index (κ3) is 3.79. The zero-order valence-corrected chi connectivity index (χ0v) is 8.45. The van der Waals surface area contributed by atoms with Crippen LogP contribution in [0.5, 0.6) is 0 Å². The fraction of sp³-hybridized carbons (Fsp3) is 0.333. The van der Waals surface area contributed by atoms with E-state index in [0.29, 0.717) is 0 Å². The molecule has 0 fully saturated rings. The molecule has 1 aromatic rings. The summed E-state index contributed by atoms with van der Waals surface area (Å²) in [5.74, 6) is 0.959. The van der Waals surface area contributed by atoms with Gasteiger partial charge in [-0.25, -0.2) is 0 Å². The lowest BCUT2D eigenvalue weighted by Gasteiger charge is -2.09. The van der Waals surface area contributed by atoms with Crippen LogP contribution in [0.4, 0.5) is 0 Å². The summed E-state index contributed by atoms with van der Waals surface area (Å²) in [6.45, 7) is 6.04. The Balaban J connectivity index is 2.66. The predicted octanol–water partition coefficient (Wildman–Crippen LogP) is 3.47. The predicted molar refractivity (Wildman–Crippen MR) is 56.3 cm³/mol. The van der Waals surface area contributed by atoms with Crippen LogP contribution in [-0.2, 0) is 4.74 Å². The van der Waals surface area contributed by atoms with Crippen LogP contribution in [0.1, 0.15) is 26.3 Å². The molecule has 0 aliphatic carbocycles. The van der Waals surface area contributed by atoms with Crippen LogP contribution in [-0.4, -0.2) is 6.10 Å². The summed E-state index contributed by atoms with van der Waals surface area (Å²) in [7, 11) is 0. The van der Waals surface area contributed by atoms with Gasteiger partial charge in [0.1, 0.15) is 0 Å².